The van der Waals surface area contributed by atoms with Crippen LogP contribution in [0, 0.1) is 16.0 Å². The van der Waals surface area contributed by atoms with Gasteiger partial charge in [0.2, 0.25) is 5.75 Å². The summed E-state index contributed by atoms with van der Waals surface area (Å²) in [5, 5.41) is 22.9. The minimum Gasteiger partial charge on any atom is -0.487 e. The van der Waals surface area contributed by atoms with Gasteiger partial charge < -0.3 is 15.2 Å². The van der Waals surface area contributed by atoms with Crippen LogP contribution in [0.2, 0.25) is 0 Å². The molecule has 0 radical (unpaired) electrons. The normalized spacial score (nSPS) is 12.0. The molecule has 7 nitrogen and oxygen atoms in total. The van der Waals surface area contributed by atoms with Crippen LogP contribution in [0.1, 0.15) is 31.1 Å². The quantitative estimate of drug-likeness (QED) is 0.589. The molecular weight excluding hydrogens is 276 g/mol. The summed E-state index contributed by atoms with van der Waals surface area (Å²) in [6.07, 6.45) is 0. The highest BCUT2D eigenvalue weighted by molar-refractivity contribution is 5.98. The molecule has 1 unspecified atom stereocenters. The summed E-state index contributed by atoms with van der Waals surface area (Å²) in [5.41, 5.74) is -0.167. The minimum absolute atomic E-state index is 0.0354. The Hall–Kier alpha value is -2.15. The van der Waals surface area contributed by atoms with Crippen LogP contribution in [0.15, 0.2) is 18.2 Å². The summed E-state index contributed by atoms with van der Waals surface area (Å²) in [4.78, 5) is 22.7. The largest absolute Gasteiger partial charge is 0.487 e. The minimum atomic E-state index is -0.590. The first-order valence-electron chi connectivity index (χ1n) is 6.74. The third-order valence-corrected chi connectivity index (χ3v) is 3.04. The fourth-order valence-electron chi connectivity index (χ4n) is 1.81. The number of hydrogen-bond donors (Lipinski definition) is 2. The van der Waals surface area contributed by atoms with Gasteiger partial charge in [-0.1, -0.05) is 19.9 Å². The van der Waals surface area contributed by atoms with E-state index in [1.54, 1.807) is 6.92 Å². The molecule has 1 atom stereocenters. The van der Waals surface area contributed by atoms with Crippen LogP contribution < -0.4 is 10.1 Å². The molecule has 1 aromatic carbocycles. The number of ether oxygens (including phenoxy) is 1. The maximum atomic E-state index is 12.3. The van der Waals surface area contributed by atoms with Gasteiger partial charge in [0.25, 0.3) is 5.91 Å². The third kappa shape index (κ3) is 4.16. The molecule has 0 saturated carbocycles. The smallest absolute Gasteiger partial charge is 0.311 e. The Labute approximate surface area is 123 Å². The summed E-state index contributed by atoms with van der Waals surface area (Å²) in [5.74, 6) is -0.522. The van der Waals surface area contributed by atoms with E-state index >= 15 is 0 Å². The van der Waals surface area contributed by atoms with Gasteiger partial charge in [0.05, 0.1) is 29.7 Å². The summed E-state index contributed by atoms with van der Waals surface area (Å²) >= 11 is 0. The molecular formula is C14H20N2O5. The molecule has 21 heavy (non-hydrogen) atoms. The molecule has 0 aromatic heterocycles. The van der Waals surface area contributed by atoms with Gasteiger partial charge in [-0.3, -0.25) is 14.9 Å². The second-order valence-corrected chi connectivity index (χ2v) is 4.85. The van der Waals surface area contributed by atoms with Crippen LogP contribution in [0.25, 0.3) is 0 Å². The van der Waals surface area contributed by atoms with Crippen LogP contribution in [0.4, 0.5) is 5.69 Å². The molecule has 0 bridgehead atoms. The van der Waals surface area contributed by atoms with E-state index in [0.29, 0.717) is 0 Å². The van der Waals surface area contributed by atoms with Crippen molar-refractivity contribution in [3.8, 4) is 5.75 Å². The van der Waals surface area contributed by atoms with Gasteiger partial charge in [-0.2, -0.15) is 0 Å². The Morgan fingerprint density at radius 3 is 2.62 bits per heavy atom. The number of aliphatic hydroxyl groups is 1. The van der Waals surface area contributed by atoms with Crippen molar-refractivity contribution in [3.05, 3.63) is 33.9 Å². The molecule has 0 aliphatic carbocycles. The van der Waals surface area contributed by atoms with E-state index in [1.807, 2.05) is 13.8 Å². The monoisotopic (exact) mass is 296 g/mol. The molecule has 0 spiro atoms. The lowest BCUT2D eigenvalue weighted by Crippen LogP contribution is -2.41. The number of hydrogen-bond acceptors (Lipinski definition) is 5. The van der Waals surface area contributed by atoms with Crippen molar-refractivity contribution in [2.24, 2.45) is 5.92 Å². The second-order valence-electron chi connectivity index (χ2n) is 4.85. The van der Waals surface area contributed by atoms with Gasteiger partial charge in [0.1, 0.15) is 0 Å². The molecule has 1 aromatic rings. The van der Waals surface area contributed by atoms with Crippen molar-refractivity contribution in [3.63, 3.8) is 0 Å². The van der Waals surface area contributed by atoms with E-state index < -0.39 is 16.9 Å². The van der Waals surface area contributed by atoms with Crippen molar-refractivity contribution in [2.75, 3.05) is 13.2 Å². The molecule has 0 fully saturated rings. The van der Waals surface area contributed by atoms with Crippen molar-refractivity contribution in [1.82, 2.24) is 5.32 Å². The predicted molar refractivity (Wildman–Crippen MR) is 77.4 cm³/mol. The van der Waals surface area contributed by atoms with E-state index in [9.17, 15) is 20.0 Å². The first kappa shape index (κ1) is 16.9. The number of nitro benzene ring substituents is 1. The van der Waals surface area contributed by atoms with Crippen LogP contribution in [-0.4, -0.2) is 35.2 Å². The number of benzene rings is 1. The van der Waals surface area contributed by atoms with Crippen molar-refractivity contribution in [2.45, 2.75) is 26.8 Å². The Morgan fingerprint density at radius 2 is 2.14 bits per heavy atom. The van der Waals surface area contributed by atoms with Crippen molar-refractivity contribution in [1.29, 1.82) is 0 Å². The number of nitrogens with zero attached hydrogens (tertiary/aromatic N) is 1. The highest BCUT2D eigenvalue weighted by Crippen LogP contribution is 2.31. The zero-order chi connectivity index (χ0) is 16.0. The summed E-state index contributed by atoms with van der Waals surface area (Å²) < 4.78 is 5.26. The predicted octanol–water partition coefficient (Wildman–Crippen LogP) is 1.74. The number of amides is 1. The first-order chi connectivity index (χ1) is 9.92. The number of para-hydroxylation sites is 1. The zero-order valence-electron chi connectivity index (χ0n) is 12.3. The average molecular weight is 296 g/mol. The average Bonchev–Trinajstić information content (AvgIpc) is 2.44. The SMILES string of the molecule is CCOc1c(C(=O)NC(CO)C(C)C)cccc1[N+](=O)[O-]. The lowest BCUT2D eigenvalue weighted by atomic mass is 10.0. The Bertz CT molecular complexity index is 516. The van der Waals surface area contributed by atoms with Crippen LogP contribution >= 0.6 is 0 Å². The second kappa shape index (κ2) is 7.58. The Kier molecular flexibility index (Phi) is 6.10. The number of nitrogens with one attached hydrogen (secondary N) is 1. The number of carbonyl (C=O) groups is 1. The van der Waals surface area contributed by atoms with Gasteiger partial charge in [-0.15, -0.1) is 0 Å². The first-order valence-corrected chi connectivity index (χ1v) is 6.74. The number of aliphatic hydroxyl groups excluding tert-OH is 1. The topological polar surface area (TPSA) is 102 Å². The van der Waals surface area contributed by atoms with Gasteiger partial charge in [-0.25, -0.2) is 0 Å². The molecule has 1 amide bonds. The summed E-state index contributed by atoms with van der Waals surface area (Å²) in [6.45, 7) is 5.40. The Balaban J connectivity index is 3.14. The van der Waals surface area contributed by atoms with E-state index in [4.69, 9.17) is 4.74 Å². The molecule has 0 aliphatic rings. The number of rotatable bonds is 7. The maximum Gasteiger partial charge on any atom is 0.311 e. The molecule has 0 saturated heterocycles. The molecule has 7 heteroatoms. The van der Waals surface area contributed by atoms with Crippen molar-refractivity contribution < 1.29 is 19.6 Å². The van der Waals surface area contributed by atoms with Gasteiger partial charge in [-0.05, 0) is 18.9 Å². The van der Waals surface area contributed by atoms with E-state index in [0.717, 1.165) is 0 Å². The lowest BCUT2D eigenvalue weighted by Gasteiger charge is -2.20. The van der Waals surface area contributed by atoms with E-state index in [1.165, 1.54) is 18.2 Å². The zero-order valence-corrected chi connectivity index (χ0v) is 12.3. The Morgan fingerprint density at radius 1 is 1.48 bits per heavy atom. The van der Waals surface area contributed by atoms with Gasteiger partial charge >= 0.3 is 5.69 Å². The fourth-order valence-corrected chi connectivity index (χ4v) is 1.81. The highest BCUT2D eigenvalue weighted by Gasteiger charge is 2.25. The van der Waals surface area contributed by atoms with E-state index in [-0.39, 0.29) is 36.1 Å². The molecule has 0 aliphatic heterocycles. The van der Waals surface area contributed by atoms with Crippen LogP contribution in [-0.2, 0) is 0 Å². The highest BCUT2D eigenvalue weighted by atomic mass is 16.6. The summed E-state index contributed by atoms with van der Waals surface area (Å²) in [6, 6.07) is 3.75. The van der Waals surface area contributed by atoms with Crippen LogP contribution in [0.3, 0.4) is 0 Å². The molecule has 1 rings (SSSR count). The summed E-state index contributed by atoms with van der Waals surface area (Å²) in [7, 11) is 0. The van der Waals surface area contributed by atoms with Gasteiger partial charge in [0, 0.05) is 6.07 Å². The molecule has 0 heterocycles. The number of carbonyl (C=O) groups excluding carboxylic acids is 1. The lowest BCUT2D eigenvalue weighted by molar-refractivity contribution is -0.385. The third-order valence-electron chi connectivity index (χ3n) is 3.04. The standard InChI is InChI=1S/C14H20N2O5/c1-4-21-13-10(6-5-7-12(13)16(19)20)14(18)15-11(8-17)9(2)3/h5-7,9,11,17H,4,8H2,1-3H3,(H,15,18). The maximum absolute atomic E-state index is 12.3. The molecule has 2 N–H and O–H groups in total. The fraction of sp³-hybridized carbons (Fsp3) is 0.500. The van der Waals surface area contributed by atoms with Gasteiger partial charge in [0.15, 0.2) is 0 Å². The van der Waals surface area contributed by atoms with Crippen LogP contribution in [0.5, 0.6) is 5.75 Å². The number of nitro groups is 1. The molecule has 116 valence electrons. The van der Waals surface area contributed by atoms with Crippen molar-refractivity contribution >= 4 is 11.6 Å². The van der Waals surface area contributed by atoms with E-state index in [2.05, 4.69) is 5.32 Å².